The smallest absolute Gasteiger partial charge is 0.232 e. The first-order chi connectivity index (χ1) is 16.1. The Kier molecular flexibility index (Phi) is 6.41. The third kappa shape index (κ3) is 4.72. The molecule has 0 unspecified atom stereocenters. The van der Waals surface area contributed by atoms with Crippen molar-refractivity contribution in [3.63, 3.8) is 0 Å². The molecule has 0 saturated heterocycles. The van der Waals surface area contributed by atoms with Crippen LogP contribution in [0.15, 0.2) is 60.8 Å². The molecule has 0 aliphatic heterocycles. The third-order valence-electron chi connectivity index (χ3n) is 5.14. The number of ether oxygens (including phenoxy) is 3. The molecule has 8 nitrogen and oxygen atoms in total. The summed E-state index contributed by atoms with van der Waals surface area (Å²) < 4.78 is 15.9. The number of rotatable bonds is 8. The molecule has 0 amide bonds. The second kappa shape index (κ2) is 9.75. The minimum atomic E-state index is 0.352. The van der Waals surface area contributed by atoms with Gasteiger partial charge in [-0.2, -0.15) is 5.26 Å². The van der Waals surface area contributed by atoms with E-state index < -0.39 is 0 Å². The SMILES string of the molecule is COc1ccc(CNc2ccc(Nc3ccc4ncc(OC)nc4c3C#N)cc2OC)cc1. The number of aromatic nitrogens is 2. The predicted molar refractivity (Wildman–Crippen MR) is 127 cm³/mol. The van der Waals surface area contributed by atoms with E-state index in [0.717, 1.165) is 22.7 Å². The lowest BCUT2D eigenvalue weighted by molar-refractivity contribution is 0.397. The van der Waals surface area contributed by atoms with E-state index in [1.54, 1.807) is 14.2 Å². The molecule has 0 atom stereocenters. The molecule has 1 heterocycles. The molecule has 0 aliphatic rings. The summed E-state index contributed by atoms with van der Waals surface area (Å²) in [5.74, 6) is 1.85. The molecule has 0 saturated carbocycles. The maximum Gasteiger partial charge on any atom is 0.232 e. The van der Waals surface area contributed by atoms with Gasteiger partial charge in [0, 0.05) is 18.3 Å². The Labute approximate surface area is 191 Å². The van der Waals surface area contributed by atoms with Gasteiger partial charge >= 0.3 is 0 Å². The number of benzene rings is 3. The first-order valence-corrected chi connectivity index (χ1v) is 10.2. The number of fused-ring (bicyclic) bond motifs is 1. The quantitative estimate of drug-likeness (QED) is 0.399. The fraction of sp³-hybridized carbons (Fsp3) is 0.160. The number of hydrogen-bond donors (Lipinski definition) is 2. The van der Waals surface area contributed by atoms with Gasteiger partial charge in [-0.05, 0) is 42.0 Å². The second-order valence-electron chi connectivity index (χ2n) is 7.12. The summed E-state index contributed by atoms with van der Waals surface area (Å²) in [6.07, 6.45) is 1.53. The minimum Gasteiger partial charge on any atom is -0.497 e. The van der Waals surface area contributed by atoms with Crippen LogP contribution in [0.4, 0.5) is 17.1 Å². The highest BCUT2D eigenvalue weighted by Gasteiger charge is 2.12. The fourth-order valence-corrected chi connectivity index (χ4v) is 3.39. The largest absolute Gasteiger partial charge is 0.497 e. The molecule has 3 aromatic carbocycles. The Balaban J connectivity index is 1.56. The Morgan fingerprint density at radius 3 is 2.39 bits per heavy atom. The van der Waals surface area contributed by atoms with Crippen molar-refractivity contribution in [2.75, 3.05) is 32.0 Å². The summed E-state index contributed by atoms with van der Waals surface area (Å²) in [4.78, 5) is 8.69. The maximum absolute atomic E-state index is 9.77. The Morgan fingerprint density at radius 1 is 0.909 bits per heavy atom. The number of anilines is 3. The zero-order valence-electron chi connectivity index (χ0n) is 18.5. The highest BCUT2D eigenvalue weighted by molar-refractivity contribution is 5.88. The molecular weight excluding hydrogens is 418 g/mol. The standard InChI is InChI=1S/C25H23N5O3/c1-31-18-7-4-16(5-8-18)14-27-21-9-6-17(12-23(21)32-2)29-20-10-11-22-25(19(20)13-26)30-24(33-3)15-28-22/h4-12,15,27,29H,14H2,1-3H3. The van der Waals surface area contributed by atoms with Crippen LogP contribution in [0.3, 0.4) is 0 Å². The monoisotopic (exact) mass is 441 g/mol. The van der Waals surface area contributed by atoms with E-state index in [1.807, 2.05) is 54.6 Å². The first-order valence-electron chi connectivity index (χ1n) is 10.2. The van der Waals surface area contributed by atoms with Gasteiger partial charge in [-0.3, -0.25) is 0 Å². The first kappa shape index (κ1) is 21.7. The molecule has 0 bridgehead atoms. The molecule has 2 N–H and O–H groups in total. The molecule has 8 heteroatoms. The Bertz CT molecular complexity index is 1320. The molecule has 33 heavy (non-hydrogen) atoms. The maximum atomic E-state index is 9.77. The van der Waals surface area contributed by atoms with Crippen LogP contribution in [0.5, 0.6) is 17.4 Å². The van der Waals surface area contributed by atoms with Crippen LogP contribution in [-0.2, 0) is 6.54 Å². The fourth-order valence-electron chi connectivity index (χ4n) is 3.39. The van der Waals surface area contributed by atoms with Crippen molar-refractivity contribution < 1.29 is 14.2 Å². The number of hydrogen-bond acceptors (Lipinski definition) is 8. The van der Waals surface area contributed by atoms with E-state index in [-0.39, 0.29) is 0 Å². The molecule has 4 rings (SSSR count). The Morgan fingerprint density at radius 2 is 1.70 bits per heavy atom. The molecule has 0 radical (unpaired) electrons. The number of nitriles is 1. The van der Waals surface area contributed by atoms with E-state index in [1.165, 1.54) is 13.3 Å². The molecule has 4 aromatic rings. The lowest BCUT2D eigenvalue weighted by Gasteiger charge is -2.15. The molecule has 0 spiro atoms. The molecular formula is C25H23N5O3. The summed E-state index contributed by atoms with van der Waals surface area (Å²) in [7, 11) is 4.78. The van der Waals surface area contributed by atoms with Crippen molar-refractivity contribution in [1.29, 1.82) is 5.26 Å². The normalized spacial score (nSPS) is 10.4. The lowest BCUT2D eigenvalue weighted by atomic mass is 10.1. The van der Waals surface area contributed by atoms with Gasteiger partial charge in [0.15, 0.2) is 0 Å². The zero-order chi connectivity index (χ0) is 23.2. The van der Waals surface area contributed by atoms with Crippen LogP contribution in [0.25, 0.3) is 11.0 Å². The topological polar surface area (TPSA) is 101 Å². The molecule has 1 aromatic heterocycles. The zero-order valence-corrected chi connectivity index (χ0v) is 18.5. The summed E-state index contributed by atoms with van der Waals surface area (Å²) >= 11 is 0. The van der Waals surface area contributed by atoms with Crippen LogP contribution in [0, 0.1) is 11.3 Å². The van der Waals surface area contributed by atoms with Gasteiger partial charge in [-0.15, -0.1) is 0 Å². The number of methoxy groups -OCH3 is 3. The van der Waals surface area contributed by atoms with Crippen LogP contribution < -0.4 is 24.8 Å². The summed E-state index contributed by atoms with van der Waals surface area (Å²) in [5.41, 5.74) is 4.85. The average molecular weight is 441 g/mol. The van der Waals surface area contributed by atoms with Crippen molar-refractivity contribution in [2.45, 2.75) is 6.54 Å². The van der Waals surface area contributed by atoms with Gasteiger partial charge in [0.2, 0.25) is 5.88 Å². The van der Waals surface area contributed by atoms with E-state index in [9.17, 15) is 5.26 Å². The van der Waals surface area contributed by atoms with Crippen molar-refractivity contribution in [3.8, 4) is 23.4 Å². The minimum absolute atomic E-state index is 0.352. The van der Waals surface area contributed by atoms with Crippen LogP contribution in [0.2, 0.25) is 0 Å². The van der Waals surface area contributed by atoms with Gasteiger partial charge in [0.05, 0.1) is 44.4 Å². The van der Waals surface area contributed by atoms with Crippen molar-refractivity contribution >= 4 is 28.1 Å². The average Bonchev–Trinajstić information content (AvgIpc) is 2.87. The molecule has 166 valence electrons. The predicted octanol–water partition coefficient (Wildman–Crippen LogP) is 4.88. The van der Waals surface area contributed by atoms with Gasteiger partial charge in [-0.25, -0.2) is 9.97 Å². The van der Waals surface area contributed by atoms with E-state index in [2.05, 4.69) is 26.7 Å². The van der Waals surface area contributed by atoms with Crippen molar-refractivity contribution in [2.24, 2.45) is 0 Å². The van der Waals surface area contributed by atoms with E-state index in [0.29, 0.717) is 40.5 Å². The third-order valence-corrected chi connectivity index (χ3v) is 5.14. The van der Waals surface area contributed by atoms with Gasteiger partial charge in [0.1, 0.15) is 28.6 Å². The lowest BCUT2D eigenvalue weighted by Crippen LogP contribution is -2.02. The van der Waals surface area contributed by atoms with Gasteiger partial charge in [0.25, 0.3) is 0 Å². The number of nitrogens with one attached hydrogen (secondary N) is 2. The van der Waals surface area contributed by atoms with Crippen LogP contribution in [0.1, 0.15) is 11.1 Å². The van der Waals surface area contributed by atoms with Crippen molar-refractivity contribution in [3.05, 3.63) is 71.9 Å². The van der Waals surface area contributed by atoms with Crippen molar-refractivity contribution in [1.82, 2.24) is 9.97 Å². The highest BCUT2D eigenvalue weighted by Crippen LogP contribution is 2.32. The van der Waals surface area contributed by atoms with E-state index >= 15 is 0 Å². The summed E-state index contributed by atoms with van der Waals surface area (Å²) in [5, 5.41) is 16.5. The van der Waals surface area contributed by atoms with Crippen LogP contribution in [-0.4, -0.2) is 31.3 Å². The van der Waals surface area contributed by atoms with Gasteiger partial charge in [-0.1, -0.05) is 12.1 Å². The number of nitrogens with zero attached hydrogens (tertiary/aromatic N) is 3. The second-order valence-corrected chi connectivity index (χ2v) is 7.12. The highest BCUT2D eigenvalue weighted by atomic mass is 16.5. The summed E-state index contributed by atoms with van der Waals surface area (Å²) in [6.45, 7) is 0.636. The summed E-state index contributed by atoms with van der Waals surface area (Å²) in [6, 6.07) is 19.4. The van der Waals surface area contributed by atoms with E-state index in [4.69, 9.17) is 14.2 Å². The molecule has 0 fully saturated rings. The molecule has 0 aliphatic carbocycles. The Hall–Kier alpha value is -4.51. The van der Waals surface area contributed by atoms with Crippen LogP contribution >= 0.6 is 0 Å². The van der Waals surface area contributed by atoms with Gasteiger partial charge < -0.3 is 24.8 Å².